The fourth-order valence-electron chi connectivity index (χ4n) is 4.90. The third kappa shape index (κ3) is 8.72. The molecule has 4 rings (SSSR count). The van der Waals surface area contributed by atoms with E-state index >= 15 is 4.39 Å². The van der Waals surface area contributed by atoms with Crippen LogP contribution in [0.1, 0.15) is 30.5 Å². The smallest absolute Gasteiger partial charge is 0.264 e. The summed E-state index contributed by atoms with van der Waals surface area (Å²) in [6.07, 6.45) is 0.140. The number of ether oxygens (including phenoxy) is 1. The number of halogens is 1. The molecule has 0 saturated carbocycles. The van der Waals surface area contributed by atoms with E-state index in [4.69, 9.17) is 4.74 Å². The van der Waals surface area contributed by atoms with E-state index in [0.717, 1.165) is 15.4 Å². The minimum Gasteiger partial charge on any atom is -0.497 e. The average Bonchev–Trinajstić information content (AvgIpc) is 3.05. The zero-order valence-corrected chi connectivity index (χ0v) is 27.3. The van der Waals surface area contributed by atoms with E-state index in [-0.39, 0.29) is 35.0 Å². The zero-order valence-electron chi connectivity index (χ0n) is 26.5. The molecule has 10 heteroatoms. The highest BCUT2D eigenvalue weighted by Gasteiger charge is 2.35. The first kappa shape index (κ1) is 34.2. The van der Waals surface area contributed by atoms with Crippen molar-refractivity contribution < 1.29 is 27.1 Å². The van der Waals surface area contributed by atoms with E-state index in [1.807, 2.05) is 51.1 Å². The minimum atomic E-state index is -4.27. The van der Waals surface area contributed by atoms with Crippen LogP contribution in [0.15, 0.2) is 108 Å². The number of carbonyl (C=O) groups is 2. The number of benzene rings is 4. The molecule has 0 aromatic heterocycles. The van der Waals surface area contributed by atoms with Crippen LogP contribution in [0.25, 0.3) is 0 Å². The molecule has 0 unspecified atom stereocenters. The Morgan fingerprint density at radius 3 is 2.11 bits per heavy atom. The zero-order chi connectivity index (χ0) is 33.3. The number of anilines is 1. The van der Waals surface area contributed by atoms with E-state index in [2.05, 4.69) is 5.32 Å². The second kappa shape index (κ2) is 15.5. The van der Waals surface area contributed by atoms with Crippen molar-refractivity contribution in [3.05, 3.63) is 126 Å². The molecule has 0 spiro atoms. The van der Waals surface area contributed by atoms with Crippen molar-refractivity contribution in [2.75, 3.05) is 24.5 Å². The van der Waals surface area contributed by atoms with Crippen LogP contribution >= 0.6 is 0 Å². The maximum atomic E-state index is 15.0. The van der Waals surface area contributed by atoms with Crippen molar-refractivity contribution >= 4 is 27.5 Å². The SMILES string of the molecule is COc1ccc(S(=O)(=O)N(CC(=O)N(Cc2ccccc2F)[C@H](Cc2ccccc2)C(=O)NCC(C)C)c2ccc(C)cc2)cc1. The molecule has 0 saturated heterocycles. The predicted octanol–water partition coefficient (Wildman–Crippen LogP) is 5.75. The molecule has 242 valence electrons. The Labute approximate surface area is 270 Å². The number of carbonyl (C=O) groups excluding carboxylic acids is 2. The highest BCUT2D eigenvalue weighted by Crippen LogP contribution is 2.27. The van der Waals surface area contributed by atoms with E-state index < -0.39 is 40.2 Å². The summed E-state index contributed by atoms with van der Waals surface area (Å²) in [5, 5.41) is 2.93. The molecular weight excluding hydrogens is 605 g/mol. The molecule has 0 aliphatic heterocycles. The van der Waals surface area contributed by atoms with E-state index in [9.17, 15) is 18.0 Å². The van der Waals surface area contributed by atoms with Gasteiger partial charge in [-0.15, -0.1) is 0 Å². The van der Waals surface area contributed by atoms with Crippen molar-refractivity contribution in [2.24, 2.45) is 5.92 Å². The van der Waals surface area contributed by atoms with Gasteiger partial charge in [0.25, 0.3) is 10.0 Å². The molecule has 2 amide bonds. The van der Waals surface area contributed by atoms with Gasteiger partial charge < -0.3 is 15.0 Å². The van der Waals surface area contributed by atoms with Crippen LogP contribution in [0, 0.1) is 18.7 Å². The van der Waals surface area contributed by atoms with Gasteiger partial charge in [-0.3, -0.25) is 13.9 Å². The van der Waals surface area contributed by atoms with E-state index in [0.29, 0.717) is 12.3 Å². The monoisotopic (exact) mass is 645 g/mol. The average molecular weight is 646 g/mol. The molecule has 0 radical (unpaired) electrons. The molecule has 4 aromatic rings. The summed E-state index contributed by atoms with van der Waals surface area (Å²) in [4.78, 5) is 29.5. The number of amides is 2. The lowest BCUT2D eigenvalue weighted by Gasteiger charge is -2.34. The van der Waals surface area contributed by atoms with Crippen molar-refractivity contribution in [2.45, 2.75) is 44.7 Å². The van der Waals surface area contributed by atoms with Gasteiger partial charge in [-0.2, -0.15) is 0 Å². The summed E-state index contributed by atoms with van der Waals surface area (Å²) in [5.41, 5.74) is 2.16. The van der Waals surface area contributed by atoms with Gasteiger partial charge in [0.1, 0.15) is 24.2 Å². The summed E-state index contributed by atoms with van der Waals surface area (Å²) in [7, 11) is -2.79. The molecular formula is C36H40FN3O5S. The fraction of sp³-hybridized carbons (Fsp3) is 0.278. The second-order valence-corrected chi connectivity index (χ2v) is 13.3. The Hall–Kier alpha value is -4.70. The highest BCUT2D eigenvalue weighted by molar-refractivity contribution is 7.92. The molecule has 0 aliphatic carbocycles. The van der Waals surface area contributed by atoms with E-state index in [1.165, 1.54) is 42.3 Å². The largest absolute Gasteiger partial charge is 0.497 e. The molecule has 1 atom stereocenters. The van der Waals surface area contributed by atoms with Crippen molar-refractivity contribution in [1.29, 1.82) is 0 Å². The molecule has 4 aromatic carbocycles. The van der Waals surface area contributed by atoms with Gasteiger partial charge in [0.05, 0.1) is 17.7 Å². The first-order valence-corrected chi connectivity index (χ1v) is 16.5. The first-order valence-electron chi connectivity index (χ1n) is 15.1. The number of hydrogen-bond donors (Lipinski definition) is 1. The third-order valence-electron chi connectivity index (χ3n) is 7.50. The third-order valence-corrected chi connectivity index (χ3v) is 9.29. The Balaban J connectivity index is 1.80. The normalized spacial score (nSPS) is 12.0. The number of sulfonamides is 1. The lowest BCUT2D eigenvalue weighted by Crippen LogP contribution is -2.53. The highest BCUT2D eigenvalue weighted by atomic mass is 32.2. The lowest BCUT2D eigenvalue weighted by molar-refractivity contribution is -0.140. The summed E-state index contributed by atoms with van der Waals surface area (Å²) < 4.78 is 49.5. The van der Waals surface area contributed by atoms with Gasteiger partial charge in [0.2, 0.25) is 11.8 Å². The van der Waals surface area contributed by atoms with Crippen LogP contribution < -0.4 is 14.4 Å². The number of aryl methyl sites for hydroxylation is 1. The predicted molar refractivity (Wildman–Crippen MR) is 177 cm³/mol. The van der Waals surface area contributed by atoms with Crippen LogP contribution in [0.4, 0.5) is 10.1 Å². The van der Waals surface area contributed by atoms with Crippen LogP contribution in [-0.2, 0) is 32.6 Å². The Morgan fingerprint density at radius 1 is 0.870 bits per heavy atom. The lowest BCUT2D eigenvalue weighted by atomic mass is 10.0. The van der Waals surface area contributed by atoms with Gasteiger partial charge in [-0.25, -0.2) is 12.8 Å². The summed E-state index contributed by atoms with van der Waals surface area (Å²) >= 11 is 0. The Bertz CT molecular complexity index is 1710. The Morgan fingerprint density at radius 2 is 1.50 bits per heavy atom. The number of hydrogen-bond acceptors (Lipinski definition) is 5. The topological polar surface area (TPSA) is 96.0 Å². The fourth-order valence-corrected chi connectivity index (χ4v) is 6.32. The van der Waals surface area contributed by atoms with Gasteiger partial charge >= 0.3 is 0 Å². The molecule has 0 heterocycles. The summed E-state index contributed by atoms with van der Waals surface area (Å²) in [5.74, 6) is -1.00. The number of rotatable bonds is 14. The van der Waals surface area contributed by atoms with Crippen LogP contribution in [0.2, 0.25) is 0 Å². The quantitative estimate of drug-likeness (QED) is 0.189. The second-order valence-electron chi connectivity index (χ2n) is 11.5. The van der Waals surface area contributed by atoms with Crippen molar-refractivity contribution in [3.8, 4) is 5.75 Å². The maximum absolute atomic E-state index is 15.0. The maximum Gasteiger partial charge on any atom is 0.264 e. The molecule has 1 N–H and O–H groups in total. The molecule has 0 fully saturated rings. The molecule has 8 nitrogen and oxygen atoms in total. The standard InChI is InChI=1S/C36H40FN3O5S/c1-26(2)23-38-36(42)34(22-28-10-6-5-7-11-28)39(24-29-12-8-9-13-33(29)37)35(41)25-40(30-16-14-27(3)15-17-30)46(43,44)32-20-18-31(45-4)19-21-32/h5-21,26,34H,22-25H2,1-4H3,(H,38,42)/t34-/m1/s1. The number of methoxy groups -OCH3 is 1. The van der Waals surface area contributed by atoms with Crippen LogP contribution in [0.5, 0.6) is 5.75 Å². The molecule has 0 bridgehead atoms. The van der Waals surface area contributed by atoms with E-state index in [1.54, 1.807) is 42.5 Å². The molecule has 0 aliphatic rings. The van der Waals surface area contributed by atoms with Gasteiger partial charge in [0, 0.05) is 25.1 Å². The summed E-state index contributed by atoms with van der Waals surface area (Å²) in [6.45, 7) is 5.28. The van der Waals surface area contributed by atoms with Gasteiger partial charge in [-0.1, -0.05) is 80.1 Å². The first-order chi connectivity index (χ1) is 22.0. The summed E-state index contributed by atoms with van der Waals surface area (Å²) in [6, 6.07) is 26.8. The minimum absolute atomic E-state index is 0.0437. The van der Waals surface area contributed by atoms with Gasteiger partial charge in [-0.05, 0) is 60.9 Å². The Kier molecular flexibility index (Phi) is 11.5. The molecule has 46 heavy (non-hydrogen) atoms. The van der Waals surface area contributed by atoms with Crippen molar-refractivity contribution in [1.82, 2.24) is 10.2 Å². The van der Waals surface area contributed by atoms with Gasteiger partial charge in [0.15, 0.2) is 0 Å². The van der Waals surface area contributed by atoms with Crippen LogP contribution in [-0.4, -0.2) is 51.4 Å². The number of nitrogens with one attached hydrogen (secondary N) is 1. The van der Waals surface area contributed by atoms with Crippen molar-refractivity contribution in [3.63, 3.8) is 0 Å². The number of nitrogens with zero attached hydrogens (tertiary/aromatic N) is 2. The van der Waals surface area contributed by atoms with Crippen LogP contribution in [0.3, 0.4) is 0 Å².